The van der Waals surface area contributed by atoms with E-state index in [-0.39, 0.29) is 4.90 Å². The second-order valence-corrected chi connectivity index (χ2v) is 10.3. The average molecular weight is 504 g/mol. The Balaban J connectivity index is 1.88. The highest BCUT2D eigenvalue weighted by Crippen LogP contribution is 2.28. The number of anilines is 1. The van der Waals surface area contributed by atoms with Crippen molar-refractivity contribution < 1.29 is 13.2 Å². The SMILES string of the molecule is Cc1ccc(S(=O)(=O)N(CC(=O)N/N=C\c2ccc(Cl)c(Cl)c2)c2cc(C)ccc2C)cc1. The van der Waals surface area contributed by atoms with Crippen molar-refractivity contribution >= 4 is 51.0 Å². The molecule has 0 aliphatic heterocycles. The Morgan fingerprint density at radius 2 is 1.61 bits per heavy atom. The molecule has 3 aromatic rings. The topological polar surface area (TPSA) is 78.8 Å². The molecule has 3 rings (SSSR count). The summed E-state index contributed by atoms with van der Waals surface area (Å²) in [7, 11) is -4.00. The highest BCUT2D eigenvalue weighted by atomic mass is 35.5. The second-order valence-electron chi connectivity index (χ2n) is 7.58. The normalized spacial score (nSPS) is 11.5. The van der Waals surface area contributed by atoms with Crippen molar-refractivity contribution in [3.63, 3.8) is 0 Å². The number of rotatable bonds is 7. The predicted octanol–water partition coefficient (Wildman–Crippen LogP) is 5.26. The number of aryl methyl sites for hydroxylation is 3. The largest absolute Gasteiger partial charge is 0.271 e. The van der Waals surface area contributed by atoms with E-state index >= 15 is 0 Å². The molecule has 0 bridgehead atoms. The lowest BCUT2D eigenvalue weighted by molar-refractivity contribution is -0.119. The monoisotopic (exact) mass is 503 g/mol. The summed E-state index contributed by atoms with van der Waals surface area (Å²) in [5.41, 5.74) is 5.97. The Morgan fingerprint density at radius 3 is 2.27 bits per heavy atom. The van der Waals surface area contributed by atoms with Gasteiger partial charge in [0.15, 0.2) is 0 Å². The van der Waals surface area contributed by atoms with Crippen LogP contribution in [0.4, 0.5) is 5.69 Å². The van der Waals surface area contributed by atoms with E-state index in [0.717, 1.165) is 21.0 Å². The Hall–Kier alpha value is -2.87. The van der Waals surface area contributed by atoms with Crippen molar-refractivity contribution in [2.75, 3.05) is 10.8 Å². The van der Waals surface area contributed by atoms with Gasteiger partial charge in [0.2, 0.25) is 0 Å². The molecule has 0 saturated carbocycles. The van der Waals surface area contributed by atoms with Crippen molar-refractivity contribution in [3.8, 4) is 0 Å². The molecular formula is C24H23Cl2N3O3S. The van der Waals surface area contributed by atoms with Gasteiger partial charge in [-0.3, -0.25) is 9.10 Å². The molecule has 6 nitrogen and oxygen atoms in total. The number of hydrogen-bond donors (Lipinski definition) is 1. The lowest BCUT2D eigenvalue weighted by Gasteiger charge is -2.25. The van der Waals surface area contributed by atoms with Crippen LogP contribution in [0.25, 0.3) is 0 Å². The summed E-state index contributed by atoms with van der Waals surface area (Å²) in [5, 5.41) is 4.68. The smallest absolute Gasteiger partial charge is 0.264 e. The number of carbonyl (C=O) groups excluding carboxylic acids is 1. The van der Waals surface area contributed by atoms with Crippen LogP contribution in [-0.2, 0) is 14.8 Å². The molecule has 0 spiro atoms. The molecule has 1 N–H and O–H groups in total. The minimum absolute atomic E-state index is 0.0983. The summed E-state index contributed by atoms with van der Waals surface area (Å²) in [6.45, 7) is 5.09. The van der Waals surface area contributed by atoms with Crippen LogP contribution in [0.1, 0.15) is 22.3 Å². The van der Waals surface area contributed by atoms with Gasteiger partial charge >= 0.3 is 0 Å². The van der Waals surface area contributed by atoms with E-state index in [1.807, 2.05) is 26.0 Å². The summed E-state index contributed by atoms with van der Waals surface area (Å²) in [5.74, 6) is -0.595. The first-order valence-corrected chi connectivity index (χ1v) is 12.2. The van der Waals surface area contributed by atoms with E-state index in [0.29, 0.717) is 21.3 Å². The van der Waals surface area contributed by atoms with Gasteiger partial charge in [0.25, 0.3) is 15.9 Å². The molecule has 33 heavy (non-hydrogen) atoms. The molecule has 0 fully saturated rings. The zero-order valence-corrected chi connectivity index (χ0v) is 20.7. The van der Waals surface area contributed by atoms with Gasteiger partial charge in [-0.1, -0.05) is 59.1 Å². The van der Waals surface area contributed by atoms with Gasteiger partial charge in [0.1, 0.15) is 6.54 Å². The highest BCUT2D eigenvalue weighted by Gasteiger charge is 2.28. The van der Waals surface area contributed by atoms with Crippen LogP contribution in [0.5, 0.6) is 0 Å². The molecule has 0 aromatic heterocycles. The second kappa shape index (κ2) is 10.4. The van der Waals surface area contributed by atoms with E-state index in [2.05, 4.69) is 10.5 Å². The number of carbonyl (C=O) groups is 1. The van der Waals surface area contributed by atoms with E-state index in [4.69, 9.17) is 23.2 Å². The minimum atomic E-state index is -4.00. The summed E-state index contributed by atoms with van der Waals surface area (Å²) in [6.07, 6.45) is 1.40. The van der Waals surface area contributed by atoms with E-state index < -0.39 is 22.5 Å². The maximum Gasteiger partial charge on any atom is 0.264 e. The molecule has 0 unspecified atom stereocenters. The number of amides is 1. The van der Waals surface area contributed by atoms with E-state index in [1.165, 1.54) is 18.3 Å². The quantitative estimate of drug-likeness (QED) is 0.352. The summed E-state index contributed by atoms with van der Waals surface area (Å²) in [6, 6.07) is 16.9. The number of sulfonamides is 1. The maximum absolute atomic E-state index is 13.5. The highest BCUT2D eigenvalue weighted by molar-refractivity contribution is 7.92. The van der Waals surface area contributed by atoms with Crippen LogP contribution in [0.3, 0.4) is 0 Å². The first kappa shape index (κ1) is 24.8. The van der Waals surface area contributed by atoms with Crippen molar-refractivity contribution in [1.29, 1.82) is 0 Å². The maximum atomic E-state index is 13.5. The number of nitrogens with one attached hydrogen (secondary N) is 1. The summed E-state index contributed by atoms with van der Waals surface area (Å²) < 4.78 is 28.1. The number of nitrogens with zero attached hydrogens (tertiary/aromatic N) is 2. The molecule has 9 heteroatoms. The standard InChI is InChI=1S/C24H23Cl2N3O3S/c1-16-5-9-20(10-6-16)33(31,32)29(23-12-17(2)4-7-18(23)3)15-24(30)28-27-14-19-8-11-21(25)22(26)13-19/h4-14H,15H2,1-3H3,(H,28,30)/b27-14-. The van der Waals surface area contributed by atoms with Gasteiger partial charge in [-0.15, -0.1) is 0 Å². The first-order chi connectivity index (χ1) is 15.6. The van der Waals surface area contributed by atoms with Gasteiger partial charge in [-0.05, 0) is 67.8 Å². The number of hydrazone groups is 1. The van der Waals surface area contributed by atoms with Gasteiger partial charge in [-0.2, -0.15) is 5.10 Å². The molecule has 172 valence electrons. The third-order valence-electron chi connectivity index (χ3n) is 4.88. The summed E-state index contributed by atoms with van der Waals surface area (Å²) >= 11 is 11.9. The van der Waals surface area contributed by atoms with E-state index in [9.17, 15) is 13.2 Å². The molecule has 0 radical (unpaired) electrons. The molecule has 0 heterocycles. The molecule has 0 atom stereocenters. The van der Waals surface area contributed by atoms with Gasteiger partial charge in [-0.25, -0.2) is 13.8 Å². The van der Waals surface area contributed by atoms with Gasteiger partial charge in [0, 0.05) is 0 Å². The Labute approximate surface area is 203 Å². The number of halogens is 2. The van der Waals surface area contributed by atoms with Crippen LogP contribution in [-0.4, -0.2) is 27.1 Å². The summed E-state index contributed by atoms with van der Waals surface area (Å²) in [4.78, 5) is 12.8. The van der Waals surface area contributed by atoms with Crippen molar-refractivity contribution in [3.05, 3.63) is 93.0 Å². The van der Waals surface area contributed by atoms with Crippen molar-refractivity contribution in [2.24, 2.45) is 5.10 Å². The Bertz CT molecular complexity index is 1310. The van der Waals surface area contributed by atoms with Gasteiger partial charge in [0.05, 0.1) is 26.8 Å². The Kier molecular flexibility index (Phi) is 7.79. The molecule has 3 aromatic carbocycles. The zero-order valence-electron chi connectivity index (χ0n) is 18.3. The number of benzene rings is 3. The van der Waals surface area contributed by atoms with Crippen LogP contribution in [0.15, 0.2) is 70.7 Å². The van der Waals surface area contributed by atoms with Crippen LogP contribution < -0.4 is 9.73 Å². The van der Waals surface area contributed by atoms with Crippen LogP contribution >= 0.6 is 23.2 Å². The minimum Gasteiger partial charge on any atom is -0.271 e. The van der Waals surface area contributed by atoms with Gasteiger partial charge < -0.3 is 0 Å². The molecule has 0 aliphatic rings. The third-order valence-corrected chi connectivity index (χ3v) is 7.39. The fourth-order valence-electron chi connectivity index (χ4n) is 3.06. The predicted molar refractivity (Wildman–Crippen MR) is 134 cm³/mol. The fraction of sp³-hybridized carbons (Fsp3) is 0.167. The van der Waals surface area contributed by atoms with E-state index in [1.54, 1.807) is 43.3 Å². The lowest BCUT2D eigenvalue weighted by atomic mass is 10.1. The third kappa shape index (κ3) is 6.13. The molecule has 1 amide bonds. The lowest BCUT2D eigenvalue weighted by Crippen LogP contribution is -2.40. The van der Waals surface area contributed by atoms with Crippen molar-refractivity contribution in [2.45, 2.75) is 25.7 Å². The molecule has 0 saturated heterocycles. The van der Waals surface area contributed by atoms with Crippen LogP contribution in [0, 0.1) is 20.8 Å². The molecule has 0 aliphatic carbocycles. The average Bonchev–Trinajstić information content (AvgIpc) is 2.76. The Morgan fingerprint density at radius 1 is 0.939 bits per heavy atom. The zero-order chi connectivity index (χ0) is 24.2. The fourth-order valence-corrected chi connectivity index (χ4v) is 4.85. The number of hydrogen-bond acceptors (Lipinski definition) is 4. The van der Waals surface area contributed by atoms with Crippen LogP contribution in [0.2, 0.25) is 10.0 Å². The molecular weight excluding hydrogens is 481 g/mol. The first-order valence-electron chi connectivity index (χ1n) is 10.0. The van der Waals surface area contributed by atoms with Crippen molar-refractivity contribution in [1.82, 2.24) is 5.43 Å².